The van der Waals surface area contributed by atoms with Crippen molar-refractivity contribution < 1.29 is 14.3 Å². The van der Waals surface area contributed by atoms with Crippen molar-refractivity contribution >= 4 is 17.9 Å². The Morgan fingerprint density at radius 2 is 2.00 bits per heavy atom. The van der Waals surface area contributed by atoms with Gasteiger partial charge in [-0.05, 0) is 42.3 Å². The van der Waals surface area contributed by atoms with Crippen molar-refractivity contribution in [1.29, 1.82) is 0 Å². The molecule has 1 N–H and O–H groups in total. The molecule has 134 valence electrons. The summed E-state index contributed by atoms with van der Waals surface area (Å²) in [6, 6.07) is 12.8. The number of nitrogens with one attached hydrogen (secondary N) is 1. The molecule has 0 unspecified atom stereocenters. The van der Waals surface area contributed by atoms with E-state index >= 15 is 0 Å². The van der Waals surface area contributed by atoms with Gasteiger partial charge in [-0.15, -0.1) is 0 Å². The van der Waals surface area contributed by atoms with E-state index in [2.05, 4.69) is 14.8 Å². The topological polar surface area (TPSA) is 78.3 Å². The lowest BCUT2D eigenvalue weighted by atomic mass is 10.2. The molecule has 3 aromatic rings. The highest BCUT2D eigenvalue weighted by atomic mass is 32.2. The van der Waals surface area contributed by atoms with E-state index in [1.165, 1.54) is 19.1 Å². The summed E-state index contributed by atoms with van der Waals surface area (Å²) in [6.45, 7) is 0.515. The number of nitrogens with zero attached hydrogens (tertiary/aromatic N) is 3. The molecule has 0 aliphatic carbocycles. The molecule has 0 saturated heterocycles. The molecule has 0 saturated carbocycles. The Labute approximate surface area is 155 Å². The SMILES string of the molecule is COc1ccccc1SNC(=O)c1ccc(Cn2cccn2)c(OC)n1. The second-order valence-electron chi connectivity index (χ2n) is 5.25. The number of benzene rings is 1. The Hall–Kier alpha value is -3.00. The van der Waals surface area contributed by atoms with Gasteiger partial charge in [0.1, 0.15) is 11.4 Å². The lowest BCUT2D eigenvalue weighted by Crippen LogP contribution is -2.18. The van der Waals surface area contributed by atoms with Crippen molar-refractivity contribution in [2.24, 2.45) is 0 Å². The molecule has 0 bridgehead atoms. The molecule has 2 heterocycles. The van der Waals surface area contributed by atoms with Gasteiger partial charge in [-0.1, -0.05) is 12.1 Å². The predicted molar refractivity (Wildman–Crippen MR) is 98.4 cm³/mol. The predicted octanol–water partition coefficient (Wildman–Crippen LogP) is 2.78. The maximum Gasteiger partial charge on any atom is 0.280 e. The van der Waals surface area contributed by atoms with Crippen LogP contribution in [0.4, 0.5) is 0 Å². The van der Waals surface area contributed by atoms with Gasteiger partial charge >= 0.3 is 0 Å². The first-order chi connectivity index (χ1) is 12.7. The van der Waals surface area contributed by atoms with Crippen molar-refractivity contribution in [3.05, 3.63) is 66.1 Å². The Morgan fingerprint density at radius 1 is 1.15 bits per heavy atom. The van der Waals surface area contributed by atoms with Gasteiger partial charge in [-0.25, -0.2) is 4.98 Å². The smallest absolute Gasteiger partial charge is 0.280 e. The molecule has 3 rings (SSSR count). The summed E-state index contributed by atoms with van der Waals surface area (Å²) in [7, 11) is 3.12. The molecule has 0 radical (unpaired) electrons. The fourth-order valence-corrected chi connectivity index (χ4v) is 3.02. The molecule has 1 aromatic carbocycles. The number of ether oxygens (including phenoxy) is 2. The summed E-state index contributed by atoms with van der Waals surface area (Å²) in [6.07, 6.45) is 3.56. The van der Waals surface area contributed by atoms with Crippen LogP contribution < -0.4 is 14.2 Å². The Balaban J connectivity index is 1.71. The molecule has 26 heavy (non-hydrogen) atoms. The number of carbonyl (C=O) groups excluding carboxylic acids is 1. The van der Waals surface area contributed by atoms with Crippen LogP contribution in [0.1, 0.15) is 16.1 Å². The van der Waals surface area contributed by atoms with E-state index in [9.17, 15) is 4.79 Å². The van der Waals surface area contributed by atoms with Crippen LogP contribution >= 0.6 is 11.9 Å². The van der Waals surface area contributed by atoms with E-state index in [4.69, 9.17) is 9.47 Å². The largest absolute Gasteiger partial charge is 0.496 e. The zero-order chi connectivity index (χ0) is 18.4. The van der Waals surface area contributed by atoms with Crippen molar-refractivity contribution in [3.63, 3.8) is 0 Å². The maximum absolute atomic E-state index is 12.4. The lowest BCUT2D eigenvalue weighted by molar-refractivity contribution is 0.0978. The van der Waals surface area contributed by atoms with Gasteiger partial charge < -0.3 is 9.47 Å². The highest BCUT2D eigenvalue weighted by molar-refractivity contribution is 7.98. The molecular weight excluding hydrogens is 352 g/mol. The van der Waals surface area contributed by atoms with Crippen LogP contribution in [0.2, 0.25) is 0 Å². The van der Waals surface area contributed by atoms with Crippen LogP contribution in [-0.2, 0) is 6.54 Å². The molecule has 1 amide bonds. The number of pyridine rings is 1. The van der Waals surface area contributed by atoms with Crippen molar-refractivity contribution in [1.82, 2.24) is 19.5 Å². The van der Waals surface area contributed by atoms with Crippen LogP contribution in [0, 0.1) is 0 Å². The number of hydrogen-bond donors (Lipinski definition) is 1. The molecule has 0 spiro atoms. The van der Waals surface area contributed by atoms with Crippen molar-refractivity contribution in [2.45, 2.75) is 11.4 Å². The molecule has 0 aliphatic heterocycles. The standard InChI is InChI=1S/C18H18N4O3S/c1-24-15-6-3-4-7-16(15)26-21-17(23)14-9-8-13(18(20-14)25-2)12-22-11-5-10-19-22/h3-11H,12H2,1-2H3,(H,21,23). The fraction of sp³-hybridized carbons (Fsp3) is 0.167. The minimum absolute atomic E-state index is 0.272. The first-order valence-corrected chi connectivity index (χ1v) is 8.64. The van der Waals surface area contributed by atoms with Gasteiger partial charge in [0, 0.05) is 18.0 Å². The molecule has 7 nitrogen and oxygen atoms in total. The first-order valence-electron chi connectivity index (χ1n) is 7.83. The van der Waals surface area contributed by atoms with E-state index in [-0.39, 0.29) is 11.6 Å². The summed E-state index contributed by atoms with van der Waals surface area (Å²) in [4.78, 5) is 17.5. The van der Waals surface area contributed by atoms with Crippen molar-refractivity contribution in [2.75, 3.05) is 14.2 Å². The quantitative estimate of drug-likeness (QED) is 0.645. The Bertz CT molecular complexity index is 884. The fourth-order valence-electron chi connectivity index (χ4n) is 2.32. The summed E-state index contributed by atoms with van der Waals surface area (Å²) < 4.78 is 15.1. The first kappa shape index (κ1) is 17.8. The molecular formula is C18H18N4O3S. The Morgan fingerprint density at radius 3 is 2.73 bits per heavy atom. The van der Waals surface area contributed by atoms with Crippen molar-refractivity contribution in [3.8, 4) is 11.6 Å². The van der Waals surface area contributed by atoms with E-state index in [1.807, 2.05) is 42.6 Å². The summed E-state index contributed by atoms with van der Waals surface area (Å²) >= 11 is 1.18. The number of carbonyl (C=O) groups is 1. The number of aromatic nitrogens is 3. The van der Waals surface area contributed by atoms with Gasteiger partial charge in [0.05, 0.1) is 25.7 Å². The van der Waals surface area contributed by atoms with Crippen LogP contribution in [-0.4, -0.2) is 34.9 Å². The summed E-state index contributed by atoms with van der Waals surface area (Å²) in [5.74, 6) is 0.776. The van der Waals surface area contributed by atoms with Gasteiger partial charge in [-0.2, -0.15) is 5.10 Å². The minimum atomic E-state index is -0.315. The lowest BCUT2D eigenvalue weighted by Gasteiger charge is -2.11. The zero-order valence-electron chi connectivity index (χ0n) is 14.4. The second-order valence-corrected chi connectivity index (χ2v) is 6.10. The average molecular weight is 370 g/mol. The summed E-state index contributed by atoms with van der Waals surface area (Å²) in [5, 5.41) is 4.16. The zero-order valence-corrected chi connectivity index (χ0v) is 15.2. The van der Waals surface area contributed by atoms with E-state index < -0.39 is 0 Å². The average Bonchev–Trinajstić information content (AvgIpc) is 3.19. The maximum atomic E-state index is 12.4. The third-order valence-electron chi connectivity index (χ3n) is 3.58. The van der Waals surface area contributed by atoms with Gasteiger partial charge in [-0.3, -0.25) is 14.2 Å². The van der Waals surface area contributed by atoms with Gasteiger partial charge in [0.25, 0.3) is 5.91 Å². The molecule has 2 aromatic heterocycles. The van der Waals surface area contributed by atoms with Crippen LogP contribution in [0.5, 0.6) is 11.6 Å². The normalized spacial score (nSPS) is 10.4. The second kappa shape index (κ2) is 8.39. The van der Waals surface area contributed by atoms with Crippen LogP contribution in [0.15, 0.2) is 59.8 Å². The molecule has 0 aliphatic rings. The highest BCUT2D eigenvalue weighted by Crippen LogP contribution is 2.27. The third-order valence-corrected chi connectivity index (χ3v) is 4.42. The Kier molecular flexibility index (Phi) is 5.75. The molecule has 0 atom stereocenters. The third kappa shape index (κ3) is 4.15. The number of methoxy groups -OCH3 is 2. The van der Waals surface area contributed by atoms with Gasteiger partial charge in [0.15, 0.2) is 0 Å². The molecule has 0 fully saturated rings. The van der Waals surface area contributed by atoms with Gasteiger partial charge in [0.2, 0.25) is 5.88 Å². The monoisotopic (exact) mass is 370 g/mol. The number of para-hydroxylation sites is 1. The number of hydrogen-bond acceptors (Lipinski definition) is 6. The van der Waals surface area contributed by atoms with E-state index in [0.717, 1.165) is 10.5 Å². The number of amides is 1. The van der Waals surface area contributed by atoms with Crippen LogP contribution in [0.25, 0.3) is 0 Å². The van der Waals surface area contributed by atoms with E-state index in [1.54, 1.807) is 24.1 Å². The van der Waals surface area contributed by atoms with E-state index in [0.29, 0.717) is 18.2 Å². The summed E-state index contributed by atoms with van der Waals surface area (Å²) in [5.41, 5.74) is 1.11. The molecule has 8 heteroatoms. The van der Waals surface area contributed by atoms with Crippen LogP contribution in [0.3, 0.4) is 0 Å². The number of rotatable bonds is 7. The minimum Gasteiger partial charge on any atom is -0.496 e. The highest BCUT2D eigenvalue weighted by Gasteiger charge is 2.14.